The molecule has 0 aliphatic heterocycles. The number of carbonyl (C=O) groups is 1. The van der Waals surface area contributed by atoms with Gasteiger partial charge in [0, 0.05) is 23.9 Å². The predicted octanol–water partition coefficient (Wildman–Crippen LogP) is 3.83. The van der Waals surface area contributed by atoms with Gasteiger partial charge in [-0.15, -0.1) is 24.8 Å². The van der Waals surface area contributed by atoms with Gasteiger partial charge in [-0.25, -0.2) is 4.98 Å². The van der Waals surface area contributed by atoms with Gasteiger partial charge in [-0.05, 0) is 38.7 Å². The number of hydrogen-bond acceptors (Lipinski definition) is 3. The number of nitrogens with one attached hydrogen (secondary N) is 1. The zero-order chi connectivity index (χ0) is 16.4. The smallest absolute Gasteiger partial charge is 0.253 e. The first-order chi connectivity index (χ1) is 11.1. The Morgan fingerprint density at radius 3 is 2.52 bits per heavy atom. The minimum Gasteiger partial charge on any atom is -0.351 e. The first-order valence-corrected chi connectivity index (χ1v) is 7.78. The van der Waals surface area contributed by atoms with Crippen LogP contribution in [0.25, 0.3) is 21.8 Å². The molecule has 3 aromatic rings. The van der Waals surface area contributed by atoms with Crippen molar-refractivity contribution < 1.29 is 4.79 Å². The van der Waals surface area contributed by atoms with Crippen LogP contribution in [0.15, 0.2) is 42.5 Å². The highest BCUT2D eigenvalue weighted by molar-refractivity contribution is 6.08. The van der Waals surface area contributed by atoms with Crippen LogP contribution in [0.5, 0.6) is 0 Å². The summed E-state index contributed by atoms with van der Waals surface area (Å²) in [7, 11) is 3.98. The topological polar surface area (TPSA) is 45.2 Å². The Balaban J connectivity index is 0.00000156. The fourth-order valence-corrected chi connectivity index (χ4v) is 2.71. The van der Waals surface area contributed by atoms with E-state index in [0.29, 0.717) is 12.1 Å². The van der Waals surface area contributed by atoms with Gasteiger partial charge in [0.25, 0.3) is 5.91 Å². The van der Waals surface area contributed by atoms with E-state index in [2.05, 4.69) is 11.4 Å². The van der Waals surface area contributed by atoms with Crippen LogP contribution in [-0.4, -0.2) is 43.0 Å². The number of para-hydroxylation sites is 1. The molecule has 0 aliphatic carbocycles. The zero-order valence-electron chi connectivity index (χ0n) is 14.6. The first-order valence-electron chi connectivity index (χ1n) is 7.78. The van der Waals surface area contributed by atoms with Crippen LogP contribution in [0.1, 0.15) is 15.9 Å². The summed E-state index contributed by atoms with van der Waals surface area (Å²) in [6.07, 6.45) is 0. The van der Waals surface area contributed by atoms with Gasteiger partial charge >= 0.3 is 0 Å². The maximum absolute atomic E-state index is 12.6. The molecule has 3 rings (SSSR count). The van der Waals surface area contributed by atoms with Crippen LogP contribution in [0.2, 0.25) is 0 Å². The van der Waals surface area contributed by atoms with Crippen molar-refractivity contribution in [2.75, 3.05) is 27.2 Å². The van der Waals surface area contributed by atoms with E-state index in [1.807, 2.05) is 62.3 Å². The van der Waals surface area contributed by atoms with Crippen molar-refractivity contribution in [2.45, 2.75) is 6.92 Å². The normalized spacial score (nSPS) is 10.4. The largest absolute Gasteiger partial charge is 0.351 e. The van der Waals surface area contributed by atoms with Gasteiger partial charge < -0.3 is 10.2 Å². The SMILES string of the molecule is Cc1ccc2cc3ccccc3nc2c1C(=O)NCCN(C)C.Cl.Cl. The molecule has 0 spiro atoms. The van der Waals surface area contributed by atoms with E-state index in [4.69, 9.17) is 4.98 Å². The van der Waals surface area contributed by atoms with E-state index in [9.17, 15) is 4.79 Å². The number of fused-ring (bicyclic) bond motifs is 2. The number of halogens is 2. The summed E-state index contributed by atoms with van der Waals surface area (Å²) < 4.78 is 0. The minimum atomic E-state index is -0.0577. The lowest BCUT2D eigenvalue weighted by atomic mass is 10.0. The summed E-state index contributed by atoms with van der Waals surface area (Å²) in [5, 5.41) is 5.07. The van der Waals surface area contributed by atoms with Gasteiger partial charge in [-0.2, -0.15) is 0 Å². The molecule has 1 N–H and O–H groups in total. The molecule has 6 heteroatoms. The molecule has 0 unspecified atom stereocenters. The summed E-state index contributed by atoms with van der Waals surface area (Å²) in [6.45, 7) is 3.39. The Morgan fingerprint density at radius 1 is 1.08 bits per heavy atom. The fraction of sp³-hybridized carbons (Fsp3) is 0.263. The van der Waals surface area contributed by atoms with Crippen molar-refractivity contribution in [2.24, 2.45) is 0 Å². The van der Waals surface area contributed by atoms with Crippen molar-refractivity contribution in [3.63, 3.8) is 0 Å². The molecule has 0 saturated carbocycles. The molecule has 2 aromatic carbocycles. The number of pyridine rings is 1. The first kappa shape index (κ1) is 21.2. The lowest BCUT2D eigenvalue weighted by Gasteiger charge is -2.13. The summed E-state index contributed by atoms with van der Waals surface area (Å²) >= 11 is 0. The number of aryl methyl sites for hydroxylation is 1. The van der Waals surface area contributed by atoms with Crippen LogP contribution in [0.4, 0.5) is 0 Å². The molecule has 0 saturated heterocycles. The van der Waals surface area contributed by atoms with Crippen LogP contribution < -0.4 is 5.32 Å². The van der Waals surface area contributed by atoms with Gasteiger partial charge in [0.05, 0.1) is 16.6 Å². The third kappa shape index (κ3) is 4.60. The average molecular weight is 380 g/mol. The third-order valence-corrected chi connectivity index (χ3v) is 3.97. The van der Waals surface area contributed by atoms with Crippen LogP contribution in [0.3, 0.4) is 0 Å². The van der Waals surface area contributed by atoms with Crippen molar-refractivity contribution >= 4 is 52.5 Å². The lowest BCUT2D eigenvalue weighted by Crippen LogP contribution is -2.31. The Hall–Kier alpha value is -1.88. The number of nitrogens with zero attached hydrogens (tertiary/aromatic N) is 2. The number of aromatic nitrogens is 1. The predicted molar refractivity (Wildman–Crippen MR) is 109 cm³/mol. The Bertz CT molecular complexity index is 881. The highest BCUT2D eigenvalue weighted by Crippen LogP contribution is 2.24. The maximum atomic E-state index is 12.6. The molecule has 4 nitrogen and oxygen atoms in total. The second-order valence-electron chi connectivity index (χ2n) is 6.07. The average Bonchev–Trinajstić information content (AvgIpc) is 2.52. The molecule has 0 atom stereocenters. The van der Waals surface area contributed by atoms with Crippen molar-refractivity contribution in [1.29, 1.82) is 0 Å². The quantitative estimate of drug-likeness (QED) is 0.700. The van der Waals surface area contributed by atoms with Crippen LogP contribution >= 0.6 is 24.8 Å². The number of rotatable bonds is 4. The van der Waals surface area contributed by atoms with Gasteiger partial charge in [-0.1, -0.05) is 30.3 Å². The molecular formula is C19H23Cl2N3O. The minimum absolute atomic E-state index is 0. The van der Waals surface area contributed by atoms with E-state index in [1.165, 1.54) is 0 Å². The van der Waals surface area contributed by atoms with Crippen LogP contribution in [0, 0.1) is 6.92 Å². The van der Waals surface area contributed by atoms with Crippen molar-refractivity contribution in [1.82, 2.24) is 15.2 Å². The van der Waals surface area contributed by atoms with Gasteiger partial charge in [0.2, 0.25) is 0 Å². The van der Waals surface area contributed by atoms with Crippen molar-refractivity contribution in [3.8, 4) is 0 Å². The van der Waals surface area contributed by atoms with Gasteiger partial charge in [0.15, 0.2) is 0 Å². The highest BCUT2D eigenvalue weighted by Gasteiger charge is 2.15. The summed E-state index contributed by atoms with van der Waals surface area (Å²) in [4.78, 5) is 19.4. The molecule has 0 bridgehead atoms. The molecular weight excluding hydrogens is 357 g/mol. The molecule has 25 heavy (non-hydrogen) atoms. The molecule has 0 aliphatic rings. The van der Waals surface area contributed by atoms with E-state index in [-0.39, 0.29) is 30.7 Å². The van der Waals surface area contributed by atoms with Gasteiger partial charge in [-0.3, -0.25) is 4.79 Å². The van der Waals surface area contributed by atoms with E-state index >= 15 is 0 Å². The summed E-state index contributed by atoms with van der Waals surface area (Å²) in [5.74, 6) is -0.0577. The molecule has 1 amide bonds. The number of benzene rings is 2. The van der Waals surface area contributed by atoms with Gasteiger partial charge in [0.1, 0.15) is 0 Å². The zero-order valence-corrected chi connectivity index (χ0v) is 16.2. The molecule has 1 aromatic heterocycles. The van der Waals surface area contributed by atoms with E-state index in [0.717, 1.165) is 33.9 Å². The number of amides is 1. The second-order valence-corrected chi connectivity index (χ2v) is 6.07. The number of hydrogen-bond donors (Lipinski definition) is 1. The highest BCUT2D eigenvalue weighted by atomic mass is 35.5. The fourth-order valence-electron chi connectivity index (χ4n) is 2.71. The van der Waals surface area contributed by atoms with E-state index < -0.39 is 0 Å². The number of carbonyl (C=O) groups excluding carboxylic acids is 1. The summed E-state index contributed by atoms with van der Waals surface area (Å²) in [5.41, 5.74) is 3.30. The lowest BCUT2D eigenvalue weighted by molar-refractivity contribution is 0.0952. The Morgan fingerprint density at radius 2 is 1.80 bits per heavy atom. The van der Waals surface area contributed by atoms with Crippen LogP contribution in [-0.2, 0) is 0 Å². The molecule has 0 radical (unpaired) electrons. The second kappa shape index (κ2) is 8.99. The molecule has 134 valence electrons. The van der Waals surface area contributed by atoms with Crippen molar-refractivity contribution in [3.05, 3.63) is 53.6 Å². The summed E-state index contributed by atoms with van der Waals surface area (Å²) in [6, 6.07) is 14.1. The third-order valence-electron chi connectivity index (χ3n) is 3.97. The standard InChI is InChI=1S/C19H21N3O.2ClH/c1-13-8-9-15-12-14-6-4-5-7-16(14)21-18(15)17(13)19(23)20-10-11-22(2)3;;/h4-9,12H,10-11H2,1-3H3,(H,20,23);2*1H. The number of likely N-dealkylation sites (N-methyl/N-ethyl adjacent to an activating group) is 1. The molecule has 1 heterocycles. The Labute approximate surface area is 160 Å². The molecule has 0 fully saturated rings. The Kier molecular flexibility index (Phi) is 7.61. The maximum Gasteiger partial charge on any atom is 0.253 e. The van der Waals surface area contributed by atoms with E-state index in [1.54, 1.807) is 0 Å². The monoisotopic (exact) mass is 379 g/mol.